The Hall–Kier alpha value is -3.13. The van der Waals surface area contributed by atoms with Gasteiger partial charge in [0.15, 0.2) is 12.4 Å². The first-order valence-corrected chi connectivity index (χ1v) is 23.8. The van der Waals surface area contributed by atoms with Gasteiger partial charge < -0.3 is 34.3 Å². The number of hydrogen-bond donors (Lipinski definition) is 4. The van der Waals surface area contributed by atoms with Crippen LogP contribution in [0.2, 0.25) is 0 Å². The number of esters is 2. The van der Waals surface area contributed by atoms with Gasteiger partial charge >= 0.3 is 11.9 Å². The van der Waals surface area contributed by atoms with Crippen molar-refractivity contribution in [2.75, 3.05) is 19.0 Å². The fraction of sp³-hybridized carbons (Fsp3) is 0.681. The molecular weight excluding hydrogens is 789 g/mol. The van der Waals surface area contributed by atoms with Crippen molar-refractivity contribution in [3.63, 3.8) is 0 Å². The first kappa shape index (κ1) is 54.9. The first-order chi connectivity index (χ1) is 29.0. The lowest BCUT2D eigenvalue weighted by molar-refractivity contribution is -0.297. The third kappa shape index (κ3) is 30.8. The molecule has 4 N–H and O–H groups in total. The van der Waals surface area contributed by atoms with Crippen LogP contribution in [-0.2, 0) is 38.7 Å². The standard InChI is InChI=1S/C47H76O12S/c1-3-5-7-9-11-13-15-17-19-20-22-24-26-28-30-32-34-36-43(49)58-40(38-57-47-46(52)45(51)44(50)41(59-47)39-60(53,54)55)37-56-42(48)35-33-31-29-27-25-23-21-18-16-14-12-10-8-6-4-2/h5,7,11,13,16-17,19,21-22,24,28,30,40-41,44-47,50-52H,3-4,6,8-10,12,14-15,20,23,25-27,29,31-39H2,1-2H3,(H,53,54,55)/b7-5+,13-11+,19-17+,24-22+,30-28+/t18?,40-,41-,44-,45?,46?,47+/m1/s1. The molecule has 0 amide bonds. The summed E-state index contributed by atoms with van der Waals surface area (Å²) in [6.45, 7) is 3.55. The van der Waals surface area contributed by atoms with Crippen molar-refractivity contribution in [2.45, 2.75) is 185 Å². The highest BCUT2D eigenvalue weighted by Gasteiger charge is 2.46. The number of carbonyl (C=O) groups excluding carboxylic acids is 2. The van der Waals surface area contributed by atoms with Crippen molar-refractivity contribution < 1.29 is 56.8 Å². The van der Waals surface area contributed by atoms with Gasteiger partial charge in [0.25, 0.3) is 10.1 Å². The molecule has 1 rings (SSSR count). The van der Waals surface area contributed by atoms with Crippen molar-refractivity contribution >= 4 is 22.1 Å². The topological polar surface area (TPSA) is 186 Å². The van der Waals surface area contributed by atoms with Gasteiger partial charge in [-0.25, -0.2) is 0 Å². The maximum Gasteiger partial charge on any atom is 0.306 e. The minimum atomic E-state index is -4.62. The van der Waals surface area contributed by atoms with E-state index in [-0.39, 0.29) is 19.4 Å². The zero-order valence-corrected chi connectivity index (χ0v) is 37.1. The Balaban J connectivity index is 2.53. The summed E-state index contributed by atoms with van der Waals surface area (Å²) in [6, 6.07) is 0. The van der Waals surface area contributed by atoms with E-state index in [2.05, 4.69) is 80.3 Å². The van der Waals surface area contributed by atoms with Gasteiger partial charge in [-0.3, -0.25) is 14.1 Å². The molecule has 0 aliphatic carbocycles. The first-order valence-electron chi connectivity index (χ1n) is 22.2. The van der Waals surface area contributed by atoms with E-state index >= 15 is 0 Å². The summed E-state index contributed by atoms with van der Waals surface area (Å²) < 4.78 is 53.9. The quantitative estimate of drug-likeness (QED) is 0.0156. The van der Waals surface area contributed by atoms with Crippen LogP contribution in [0.4, 0.5) is 0 Å². The molecule has 2 unspecified atom stereocenters. The molecule has 0 aromatic carbocycles. The third-order valence-electron chi connectivity index (χ3n) is 9.54. The van der Waals surface area contributed by atoms with Crippen molar-refractivity contribution in [2.24, 2.45) is 0 Å². The predicted molar refractivity (Wildman–Crippen MR) is 237 cm³/mol. The summed E-state index contributed by atoms with van der Waals surface area (Å²) in [5, 5.41) is 30.9. The summed E-state index contributed by atoms with van der Waals surface area (Å²) >= 11 is 0. The molecule has 6 atom stereocenters. The lowest BCUT2D eigenvalue weighted by Crippen LogP contribution is -2.60. The van der Waals surface area contributed by atoms with Gasteiger partial charge in [-0.05, 0) is 89.2 Å². The summed E-state index contributed by atoms with van der Waals surface area (Å²) in [7, 11) is -4.62. The molecule has 1 fully saturated rings. The monoisotopic (exact) mass is 865 g/mol. The summed E-state index contributed by atoms with van der Waals surface area (Å²) in [4.78, 5) is 25.4. The normalized spacial score (nSPS) is 20.4. The number of rotatable bonds is 35. The van der Waals surface area contributed by atoms with Gasteiger partial charge in [-0.1, -0.05) is 120 Å². The van der Waals surface area contributed by atoms with Crippen LogP contribution in [0.5, 0.6) is 0 Å². The number of aliphatic hydroxyl groups excluding tert-OH is 3. The lowest BCUT2D eigenvalue weighted by Gasteiger charge is -2.40. The van der Waals surface area contributed by atoms with Gasteiger partial charge in [-0.15, -0.1) is 5.73 Å². The second-order valence-electron chi connectivity index (χ2n) is 15.1. The predicted octanol–water partition coefficient (Wildman–Crippen LogP) is 8.88. The van der Waals surface area contributed by atoms with Crippen molar-refractivity contribution in [3.05, 3.63) is 78.6 Å². The molecule has 1 aliphatic rings. The molecule has 1 saturated heterocycles. The number of allylic oxidation sites excluding steroid dienone is 11. The Morgan fingerprint density at radius 3 is 1.75 bits per heavy atom. The molecule has 0 spiro atoms. The van der Waals surface area contributed by atoms with Gasteiger partial charge in [0.1, 0.15) is 36.8 Å². The summed E-state index contributed by atoms with van der Waals surface area (Å²) in [5.74, 6) is -2.10. The van der Waals surface area contributed by atoms with Gasteiger partial charge in [-0.2, -0.15) is 8.42 Å². The van der Waals surface area contributed by atoms with E-state index < -0.39 is 71.2 Å². The molecule has 1 aliphatic heterocycles. The van der Waals surface area contributed by atoms with Crippen molar-refractivity contribution in [3.8, 4) is 0 Å². The van der Waals surface area contributed by atoms with E-state index in [4.69, 9.17) is 18.9 Å². The molecule has 0 radical (unpaired) electrons. The zero-order valence-electron chi connectivity index (χ0n) is 36.3. The maximum atomic E-state index is 12.8. The second-order valence-corrected chi connectivity index (χ2v) is 16.6. The largest absolute Gasteiger partial charge is 0.462 e. The number of unbranched alkanes of at least 4 members (excludes halogenated alkanes) is 11. The highest BCUT2D eigenvalue weighted by atomic mass is 32.2. The smallest absolute Gasteiger partial charge is 0.306 e. The van der Waals surface area contributed by atoms with Crippen LogP contribution >= 0.6 is 0 Å². The molecule has 0 saturated carbocycles. The maximum absolute atomic E-state index is 12.8. The van der Waals surface area contributed by atoms with Gasteiger partial charge in [0, 0.05) is 12.8 Å². The van der Waals surface area contributed by atoms with Crippen LogP contribution in [0.1, 0.15) is 149 Å². The molecule has 1 heterocycles. The highest BCUT2D eigenvalue weighted by molar-refractivity contribution is 7.85. The van der Waals surface area contributed by atoms with Crippen LogP contribution in [0, 0.1) is 0 Å². The minimum absolute atomic E-state index is 0.0772. The lowest BCUT2D eigenvalue weighted by atomic mass is 10.00. The number of hydrogen-bond acceptors (Lipinski definition) is 11. The molecule has 0 bridgehead atoms. The molecule has 60 heavy (non-hydrogen) atoms. The van der Waals surface area contributed by atoms with Crippen LogP contribution in [0.3, 0.4) is 0 Å². The van der Waals surface area contributed by atoms with Crippen molar-refractivity contribution in [1.82, 2.24) is 0 Å². The highest BCUT2D eigenvalue weighted by Crippen LogP contribution is 2.24. The fourth-order valence-electron chi connectivity index (χ4n) is 6.10. The van der Waals surface area contributed by atoms with E-state index in [1.54, 1.807) is 0 Å². The number of ether oxygens (including phenoxy) is 4. The van der Waals surface area contributed by atoms with E-state index in [1.165, 1.54) is 32.1 Å². The Labute approximate surface area is 360 Å². The van der Waals surface area contributed by atoms with E-state index in [0.717, 1.165) is 70.6 Å². The van der Waals surface area contributed by atoms with E-state index in [9.17, 15) is 37.9 Å². The van der Waals surface area contributed by atoms with Crippen LogP contribution in [0.25, 0.3) is 0 Å². The van der Waals surface area contributed by atoms with Crippen LogP contribution in [-0.4, -0.2) is 96.0 Å². The fourth-order valence-corrected chi connectivity index (χ4v) is 6.79. The van der Waals surface area contributed by atoms with Crippen LogP contribution < -0.4 is 0 Å². The number of carbonyl (C=O) groups is 2. The Bertz CT molecular complexity index is 1440. The Kier molecular flexibility index (Phi) is 33.4. The number of aliphatic hydroxyl groups is 3. The van der Waals surface area contributed by atoms with E-state index in [0.29, 0.717) is 19.3 Å². The SMILES string of the molecule is CC/C=C/C/C=C/C/C=C/C/C=C/C/C=C/CCCC(=O)O[C@H](COC(=O)CCCCCCCC=C=CCCCCCCC)CO[C@H]1O[C@H](CS(=O)(=O)O)[C@@H](O)C(O)C1O. The Morgan fingerprint density at radius 1 is 0.633 bits per heavy atom. The molecular formula is C47H76O12S. The molecule has 13 heteroatoms. The minimum Gasteiger partial charge on any atom is -0.462 e. The molecule has 342 valence electrons. The summed E-state index contributed by atoms with van der Waals surface area (Å²) in [6.07, 6.45) is 34.5. The third-order valence-corrected chi connectivity index (χ3v) is 10.3. The van der Waals surface area contributed by atoms with Gasteiger partial charge in [0.05, 0.1) is 6.61 Å². The Morgan fingerprint density at radius 2 is 1.17 bits per heavy atom. The molecule has 12 nitrogen and oxygen atoms in total. The average molecular weight is 865 g/mol. The second kappa shape index (κ2) is 36.5. The summed E-state index contributed by atoms with van der Waals surface area (Å²) in [5.41, 5.74) is 3.27. The zero-order chi connectivity index (χ0) is 44.1. The molecule has 0 aromatic rings. The van der Waals surface area contributed by atoms with E-state index in [1.807, 2.05) is 12.2 Å². The van der Waals surface area contributed by atoms with Crippen LogP contribution in [0.15, 0.2) is 78.6 Å². The van der Waals surface area contributed by atoms with Gasteiger partial charge in [0.2, 0.25) is 0 Å². The molecule has 0 aromatic heterocycles. The average Bonchev–Trinajstić information content (AvgIpc) is 3.21. The van der Waals surface area contributed by atoms with Crippen molar-refractivity contribution in [1.29, 1.82) is 0 Å².